The van der Waals surface area contributed by atoms with E-state index in [2.05, 4.69) is 35.5 Å². The molecule has 0 fully saturated rings. The molecule has 0 saturated heterocycles. The van der Waals surface area contributed by atoms with Crippen molar-refractivity contribution in [3.8, 4) is 6.07 Å². The highest BCUT2D eigenvalue weighted by Crippen LogP contribution is 2.11. The summed E-state index contributed by atoms with van der Waals surface area (Å²) in [5.41, 5.74) is 1.97. The minimum absolute atomic E-state index is 0.722. The Balaban J connectivity index is 1.83. The first-order chi connectivity index (χ1) is 8.78. The number of benzene rings is 1. The van der Waals surface area contributed by atoms with Gasteiger partial charge < -0.3 is 4.90 Å². The molecule has 3 heteroatoms. The Morgan fingerprint density at radius 2 is 2.00 bits per heavy atom. The molecule has 0 radical (unpaired) electrons. The Morgan fingerprint density at radius 3 is 2.61 bits per heavy atom. The molecule has 0 atom stereocenters. The maximum absolute atomic E-state index is 8.74. The van der Waals surface area contributed by atoms with Crippen LogP contribution in [-0.2, 0) is 13.0 Å². The van der Waals surface area contributed by atoms with Gasteiger partial charge in [-0.3, -0.25) is 0 Å². The maximum Gasteiger partial charge on any atom is 0.0991 e. The average molecular weight is 256 g/mol. The van der Waals surface area contributed by atoms with Gasteiger partial charge in [-0.2, -0.15) is 5.26 Å². The van der Waals surface area contributed by atoms with E-state index in [1.807, 2.05) is 35.6 Å². The highest BCUT2D eigenvalue weighted by Gasteiger charge is 2.02. The van der Waals surface area contributed by atoms with Gasteiger partial charge in [-0.15, -0.1) is 11.3 Å². The van der Waals surface area contributed by atoms with E-state index >= 15 is 0 Å². The highest BCUT2D eigenvalue weighted by molar-refractivity contribution is 7.09. The molecule has 0 aliphatic rings. The summed E-state index contributed by atoms with van der Waals surface area (Å²) < 4.78 is 0. The van der Waals surface area contributed by atoms with E-state index in [9.17, 15) is 0 Å². The van der Waals surface area contributed by atoms with Gasteiger partial charge in [-0.05, 0) is 42.6 Å². The molecule has 2 aromatic rings. The molecule has 0 unspecified atom stereocenters. The Bertz CT molecular complexity index is 508. The van der Waals surface area contributed by atoms with Gasteiger partial charge in [0.1, 0.15) is 0 Å². The van der Waals surface area contributed by atoms with Crippen LogP contribution in [0.2, 0.25) is 0 Å². The van der Waals surface area contributed by atoms with E-state index < -0.39 is 0 Å². The van der Waals surface area contributed by atoms with Gasteiger partial charge in [-0.25, -0.2) is 0 Å². The molecule has 1 heterocycles. The third-order valence-electron chi connectivity index (χ3n) is 2.86. The molecular weight excluding hydrogens is 240 g/mol. The standard InChI is InChI=1S/C15H16N2S/c1-17(9-8-15-3-2-10-18-15)12-14-6-4-13(11-16)5-7-14/h2-7,10H,8-9,12H2,1H3. The zero-order chi connectivity index (χ0) is 12.8. The third-order valence-corrected chi connectivity index (χ3v) is 3.79. The topological polar surface area (TPSA) is 27.0 Å². The second-order valence-corrected chi connectivity index (χ2v) is 5.41. The maximum atomic E-state index is 8.74. The SMILES string of the molecule is CN(CCc1cccs1)Cc1ccc(C#N)cc1. The van der Waals surface area contributed by atoms with E-state index in [0.29, 0.717) is 0 Å². The number of nitrogens with zero attached hydrogens (tertiary/aromatic N) is 2. The first-order valence-corrected chi connectivity index (χ1v) is 6.86. The van der Waals surface area contributed by atoms with Gasteiger partial charge in [0.2, 0.25) is 0 Å². The van der Waals surface area contributed by atoms with E-state index in [1.54, 1.807) is 0 Å². The summed E-state index contributed by atoms with van der Waals surface area (Å²) in [6.07, 6.45) is 1.10. The molecular formula is C15H16N2S. The predicted molar refractivity (Wildman–Crippen MR) is 75.5 cm³/mol. The van der Waals surface area contributed by atoms with Crippen LogP contribution in [0.15, 0.2) is 41.8 Å². The minimum atomic E-state index is 0.722. The molecule has 1 aromatic heterocycles. The molecule has 0 spiro atoms. The molecule has 0 aliphatic carbocycles. The molecule has 0 bridgehead atoms. The second-order valence-electron chi connectivity index (χ2n) is 4.38. The van der Waals surface area contributed by atoms with Gasteiger partial charge in [0, 0.05) is 18.0 Å². The molecule has 18 heavy (non-hydrogen) atoms. The van der Waals surface area contributed by atoms with Gasteiger partial charge in [0.05, 0.1) is 11.6 Å². The second kappa shape index (κ2) is 6.34. The normalized spacial score (nSPS) is 10.5. The zero-order valence-electron chi connectivity index (χ0n) is 10.5. The van der Waals surface area contributed by atoms with Crippen LogP contribution < -0.4 is 0 Å². The quantitative estimate of drug-likeness (QED) is 0.820. The van der Waals surface area contributed by atoms with Crippen LogP contribution in [0.1, 0.15) is 16.0 Å². The van der Waals surface area contributed by atoms with Crippen molar-refractivity contribution in [1.82, 2.24) is 4.90 Å². The van der Waals surface area contributed by atoms with E-state index in [-0.39, 0.29) is 0 Å². The van der Waals surface area contributed by atoms with E-state index in [4.69, 9.17) is 5.26 Å². The third kappa shape index (κ3) is 3.69. The highest BCUT2D eigenvalue weighted by atomic mass is 32.1. The first kappa shape index (κ1) is 12.8. The number of rotatable bonds is 5. The van der Waals surface area contributed by atoms with Crippen molar-refractivity contribution in [3.63, 3.8) is 0 Å². The summed E-state index contributed by atoms with van der Waals surface area (Å²) in [5.74, 6) is 0. The van der Waals surface area contributed by atoms with Crippen LogP contribution >= 0.6 is 11.3 Å². The average Bonchev–Trinajstić information content (AvgIpc) is 2.90. The molecule has 2 nitrogen and oxygen atoms in total. The van der Waals surface area contributed by atoms with Crippen molar-refractivity contribution in [1.29, 1.82) is 5.26 Å². The van der Waals surface area contributed by atoms with Crippen molar-refractivity contribution in [2.45, 2.75) is 13.0 Å². The van der Waals surface area contributed by atoms with Gasteiger partial charge in [-0.1, -0.05) is 18.2 Å². The van der Waals surface area contributed by atoms with Crippen molar-refractivity contribution >= 4 is 11.3 Å². The van der Waals surface area contributed by atoms with Gasteiger partial charge in [0.15, 0.2) is 0 Å². The van der Waals surface area contributed by atoms with Crippen molar-refractivity contribution in [2.24, 2.45) is 0 Å². The zero-order valence-corrected chi connectivity index (χ0v) is 11.3. The van der Waals surface area contributed by atoms with Gasteiger partial charge in [0.25, 0.3) is 0 Å². The number of thiophene rings is 1. The molecule has 1 aromatic carbocycles. The summed E-state index contributed by atoms with van der Waals surface area (Å²) in [7, 11) is 2.13. The molecule has 92 valence electrons. The minimum Gasteiger partial charge on any atom is -0.302 e. The summed E-state index contributed by atoms with van der Waals surface area (Å²) in [4.78, 5) is 3.74. The van der Waals surface area contributed by atoms with Crippen LogP contribution in [0.5, 0.6) is 0 Å². The molecule has 0 amide bonds. The van der Waals surface area contributed by atoms with Crippen molar-refractivity contribution in [3.05, 3.63) is 57.8 Å². The lowest BCUT2D eigenvalue weighted by molar-refractivity contribution is 0.332. The number of likely N-dealkylation sites (N-methyl/N-ethyl adjacent to an activating group) is 1. The number of nitriles is 1. The largest absolute Gasteiger partial charge is 0.302 e. The van der Waals surface area contributed by atoms with Gasteiger partial charge >= 0.3 is 0 Å². The van der Waals surface area contributed by atoms with Crippen LogP contribution in [0, 0.1) is 11.3 Å². The fraction of sp³-hybridized carbons (Fsp3) is 0.267. The fourth-order valence-electron chi connectivity index (χ4n) is 1.83. The molecule has 0 saturated carbocycles. The molecule has 2 rings (SSSR count). The van der Waals surface area contributed by atoms with Crippen LogP contribution in [0.25, 0.3) is 0 Å². The van der Waals surface area contributed by atoms with E-state index in [0.717, 1.165) is 25.1 Å². The smallest absolute Gasteiger partial charge is 0.0991 e. The summed E-state index contributed by atoms with van der Waals surface area (Å²) in [6.45, 7) is 1.98. The Labute approximate surface area is 112 Å². The Morgan fingerprint density at radius 1 is 1.22 bits per heavy atom. The monoisotopic (exact) mass is 256 g/mol. The van der Waals surface area contributed by atoms with Crippen molar-refractivity contribution < 1.29 is 0 Å². The lowest BCUT2D eigenvalue weighted by atomic mass is 10.1. The van der Waals surface area contributed by atoms with Crippen LogP contribution in [0.4, 0.5) is 0 Å². The predicted octanol–water partition coefficient (Wildman–Crippen LogP) is 3.29. The lowest BCUT2D eigenvalue weighted by Gasteiger charge is -2.16. The Kier molecular flexibility index (Phi) is 4.52. The summed E-state index contributed by atoms with van der Waals surface area (Å²) in [6, 6.07) is 14.2. The molecule has 0 N–H and O–H groups in total. The summed E-state index contributed by atoms with van der Waals surface area (Å²) >= 11 is 1.81. The number of hydrogen-bond acceptors (Lipinski definition) is 3. The fourth-order valence-corrected chi connectivity index (χ4v) is 2.53. The van der Waals surface area contributed by atoms with Crippen molar-refractivity contribution in [2.75, 3.05) is 13.6 Å². The van der Waals surface area contributed by atoms with E-state index in [1.165, 1.54) is 10.4 Å². The Hall–Kier alpha value is -1.63. The van der Waals surface area contributed by atoms with Crippen LogP contribution in [0.3, 0.4) is 0 Å². The van der Waals surface area contributed by atoms with Crippen LogP contribution in [-0.4, -0.2) is 18.5 Å². The molecule has 0 aliphatic heterocycles. The first-order valence-electron chi connectivity index (χ1n) is 5.98. The summed E-state index contributed by atoms with van der Waals surface area (Å²) in [5, 5.41) is 10.9. The lowest BCUT2D eigenvalue weighted by Crippen LogP contribution is -2.20. The number of hydrogen-bond donors (Lipinski definition) is 0.